The van der Waals surface area contributed by atoms with E-state index >= 15 is 0 Å². The average Bonchev–Trinajstić information content (AvgIpc) is 2.55. The summed E-state index contributed by atoms with van der Waals surface area (Å²) in [5.41, 5.74) is 1.86. The standard InChI is InChI=1S/C17H12N4/c1-3-7-14-12(5-1)9-10-16(19-14)21-17-18-11-13-6-2-4-8-15(13)20-17/h1-11H,(H,18,19,20,21). The van der Waals surface area contributed by atoms with Crippen LogP contribution in [0.3, 0.4) is 0 Å². The molecule has 100 valence electrons. The summed E-state index contributed by atoms with van der Waals surface area (Å²) in [5, 5.41) is 5.29. The lowest BCUT2D eigenvalue weighted by Gasteiger charge is -2.06. The van der Waals surface area contributed by atoms with E-state index in [0.717, 1.165) is 27.6 Å². The molecule has 4 rings (SSSR count). The first kappa shape index (κ1) is 11.8. The van der Waals surface area contributed by atoms with Crippen molar-refractivity contribution in [3.05, 3.63) is 66.9 Å². The molecule has 0 fully saturated rings. The predicted octanol–water partition coefficient (Wildman–Crippen LogP) is 3.92. The maximum atomic E-state index is 4.56. The normalized spacial score (nSPS) is 10.9. The number of fused-ring (bicyclic) bond motifs is 2. The maximum Gasteiger partial charge on any atom is 0.228 e. The lowest BCUT2D eigenvalue weighted by atomic mass is 10.2. The van der Waals surface area contributed by atoms with Crippen LogP contribution >= 0.6 is 0 Å². The van der Waals surface area contributed by atoms with Gasteiger partial charge in [-0.05, 0) is 24.3 Å². The molecular formula is C17H12N4. The highest BCUT2D eigenvalue weighted by Crippen LogP contribution is 2.18. The molecule has 0 saturated heterocycles. The van der Waals surface area contributed by atoms with Crippen molar-refractivity contribution in [2.45, 2.75) is 0 Å². The van der Waals surface area contributed by atoms with Crippen molar-refractivity contribution >= 4 is 33.6 Å². The second-order valence-corrected chi connectivity index (χ2v) is 4.77. The van der Waals surface area contributed by atoms with E-state index in [4.69, 9.17) is 0 Å². The third kappa shape index (κ3) is 2.27. The van der Waals surface area contributed by atoms with E-state index in [-0.39, 0.29) is 0 Å². The lowest BCUT2D eigenvalue weighted by Crippen LogP contribution is -1.98. The Balaban J connectivity index is 1.71. The fourth-order valence-electron chi connectivity index (χ4n) is 2.28. The summed E-state index contributed by atoms with van der Waals surface area (Å²) >= 11 is 0. The summed E-state index contributed by atoms with van der Waals surface area (Å²) in [7, 11) is 0. The molecule has 1 N–H and O–H groups in total. The summed E-state index contributed by atoms with van der Waals surface area (Å²) < 4.78 is 0. The van der Waals surface area contributed by atoms with E-state index in [9.17, 15) is 0 Å². The SMILES string of the molecule is c1ccc2nc(Nc3ncc4ccccc4n3)ccc2c1. The van der Waals surface area contributed by atoms with Gasteiger partial charge in [0.15, 0.2) is 0 Å². The van der Waals surface area contributed by atoms with Crippen LogP contribution in [0.25, 0.3) is 21.8 Å². The van der Waals surface area contributed by atoms with Crippen molar-refractivity contribution in [1.82, 2.24) is 15.0 Å². The van der Waals surface area contributed by atoms with Gasteiger partial charge in [-0.25, -0.2) is 15.0 Å². The van der Waals surface area contributed by atoms with Crippen LogP contribution in [0.5, 0.6) is 0 Å². The first-order valence-electron chi connectivity index (χ1n) is 6.73. The van der Waals surface area contributed by atoms with E-state index in [2.05, 4.69) is 20.3 Å². The number of pyridine rings is 1. The first-order valence-corrected chi connectivity index (χ1v) is 6.73. The minimum Gasteiger partial charge on any atom is -0.309 e. The number of rotatable bonds is 2. The Hall–Kier alpha value is -3.01. The predicted molar refractivity (Wildman–Crippen MR) is 84.6 cm³/mol. The highest BCUT2D eigenvalue weighted by atomic mass is 15.1. The Morgan fingerprint density at radius 2 is 1.38 bits per heavy atom. The van der Waals surface area contributed by atoms with Gasteiger partial charge in [-0.3, -0.25) is 0 Å². The number of nitrogens with one attached hydrogen (secondary N) is 1. The van der Waals surface area contributed by atoms with Crippen LogP contribution in [0, 0.1) is 0 Å². The van der Waals surface area contributed by atoms with Crippen LogP contribution in [0.2, 0.25) is 0 Å². The van der Waals surface area contributed by atoms with Crippen LogP contribution < -0.4 is 5.32 Å². The minimum absolute atomic E-state index is 0.552. The molecule has 0 aliphatic rings. The molecule has 0 radical (unpaired) electrons. The van der Waals surface area contributed by atoms with Gasteiger partial charge in [0.2, 0.25) is 5.95 Å². The third-order valence-electron chi connectivity index (χ3n) is 3.33. The Bertz CT molecular complexity index is 856. The molecule has 0 bridgehead atoms. The fraction of sp³-hybridized carbons (Fsp3) is 0. The highest BCUT2D eigenvalue weighted by Gasteiger charge is 2.02. The van der Waals surface area contributed by atoms with Gasteiger partial charge in [-0.1, -0.05) is 36.4 Å². The maximum absolute atomic E-state index is 4.56. The molecule has 0 atom stereocenters. The number of para-hydroxylation sites is 2. The molecule has 21 heavy (non-hydrogen) atoms. The van der Waals surface area contributed by atoms with Gasteiger partial charge in [0.25, 0.3) is 0 Å². The van der Waals surface area contributed by atoms with E-state index < -0.39 is 0 Å². The molecule has 2 aromatic heterocycles. The monoisotopic (exact) mass is 272 g/mol. The molecule has 4 aromatic rings. The summed E-state index contributed by atoms with van der Waals surface area (Å²) in [4.78, 5) is 13.4. The van der Waals surface area contributed by atoms with Crippen LogP contribution in [0.4, 0.5) is 11.8 Å². The van der Waals surface area contributed by atoms with Crippen molar-refractivity contribution < 1.29 is 0 Å². The highest BCUT2D eigenvalue weighted by molar-refractivity contribution is 5.81. The Kier molecular flexibility index (Phi) is 2.71. The molecule has 2 aromatic carbocycles. The van der Waals surface area contributed by atoms with E-state index in [1.54, 1.807) is 0 Å². The van der Waals surface area contributed by atoms with Crippen molar-refractivity contribution in [2.75, 3.05) is 5.32 Å². The Morgan fingerprint density at radius 3 is 2.24 bits per heavy atom. The second kappa shape index (κ2) is 4.83. The number of hydrogen-bond acceptors (Lipinski definition) is 4. The molecule has 0 spiro atoms. The summed E-state index contributed by atoms with van der Waals surface area (Å²) in [6, 6.07) is 19.9. The molecule has 4 nitrogen and oxygen atoms in total. The molecule has 0 aliphatic heterocycles. The zero-order chi connectivity index (χ0) is 14.1. The fourth-order valence-corrected chi connectivity index (χ4v) is 2.28. The Labute approximate surface area is 121 Å². The minimum atomic E-state index is 0.552. The molecule has 2 heterocycles. The van der Waals surface area contributed by atoms with Crippen LogP contribution in [-0.4, -0.2) is 15.0 Å². The van der Waals surface area contributed by atoms with Gasteiger partial charge in [0, 0.05) is 17.0 Å². The smallest absolute Gasteiger partial charge is 0.228 e. The summed E-state index contributed by atoms with van der Waals surface area (Å²) in [6.45, 7) is 0. The molecule has 0 amide bonds. The number of anilines is 2. The van der Waals surface area contributed by atoms with Crippen molar-refractivity contribution in [3.63, 3.8) is 0 Å². The zero-order valence-electron chi connectivity index (χ0n) is 11.2. The van der Waals surface area contributed by atoms with Gasteiger partial charge in [-0.2, -0.15) is 0 Å². The van der Waals surface area contributed by atoms with Crippen molar-refractivity contribution in [3.8, 4) is 0 Å². The van der Waals surface area contributed by atoms with E-state index in [0.29, 0.717) is 5.95 Å². The van der Waals surface area contributed by atoms with Gasteiger partial charge < -0.3 is 5.32 Å². The summed E-state index contributed by atoms with van der Waals surface area (Å²) in [5.74, 6) is 1.29. The molecular weight excluding hydrogens is 260 g/mol. The van der Waals surface area contributed by atoms with Gasteiger partial charge in [0.05, 0.1) is 11.0 Å². The van der Waals surface area contributed by atoms with Gasteiger partial charge >= 0.3 is 0 Å². The average molecular weight is 272 g/mol. The molecule has 0 aliphatic carbocycles. The zero-order valence-corrected chi connectivity index (χ0v) is 11.2. The quantitative estimate of drug-likeness (QED) is 0.601. The third-order valence-corrected chi connectivity index (χ3v) is 3.33. The second-order valence-electron chi connectivity index (χ2n) is 4.77. The van der Waals surface area contributed by atoms with E-state index in [1.165, 1.54) is 0 Å². The van der Waals surface area contributed by atoms with Crippen LogP contribution in [-0.2, 0) is 0 Å². The van der Waals surface area contributed by atoms with Gasteiger partial charge in [0.1, 0.15) is 5.82 Å². The lowest BCUT2D eigenvalue weighted by molar-refractivity contribution is 1.20. The van der Waals surface area contributed by atoms with Crippen LogP contribution in [0.15, 0.2) is 66.9 Å². The Morgan fingerprint density at radius 1 is 0.667 bits per heavy atom. The van der Waals surface area contributed by atoms with Gasteiger partial charge in [-0.15, -0.1) is 0 Å². The largest absolute Gasteiger partial charge is 0.309 e. The van der Waals surface area contributed by atoms with E-state index in [1.807, 2.05) is 66.9 Å². The van der Waals surface area contributed by atoms with Crippen molar-refractivity contribution in [2.24, 2.45) is 0 Å². The number of nitrogens with zero attached hydrogens (tertiary/aromatic N) is 3. The number of benzene rings is 2. The van der Waals surface area contributed by atoms with Crippen LogP contribution in [0.1, 0.15) is 0 Å². The summed E-state index contributed by atoms with van der Waals surface area (Å²) in [6.07, 6.45) is 1.81. The number of hydrogen-bond donors (Lipinski definition) is 1. The molecule has 0 unspecified atom stereocenters. The molecule has 4 heteroatoms. The topological polar surface area (TPSA) is 50.7 Å². The van der Waals surface area contributed by atoms with Crippen molar-refractivity contribution in [1.29, 1.82) is 0 Å². The molecule has 0 saturated carbocycles. The first-order chi connectivity index (χ1) is 10.4. The number of aromatic nitrogens is 3.